The van der Waals surface area contributed by atoms with Crippen molar-refractivity contribution in [3.63, 3.8) is 0 Å². The molecule has 3 aromatic heterocycles. The van der Waals surface area contributed by atoms with Gasteiger partial charge in [-0.2, -0.15) is 5.10 Å². The molecule has 0 fully saturated rings. The summed E-state index contributed by atoms with van der Waals surface area (Å²) in [6.07, 6.45) is 7.34. The molecule has 0 unspecified atom stereocenters. The summed E-state index contributed by atoms with van der Waals surface area (Å²) in [6, 6.07) is 15.9. The van der Waals surface area contributed by atoms with Gasteiger partial charge in [0.2, 0.25) is 0 Å². The molecule has 0 bridgehead atoms. The van der Waals surface area contributed by atoms with Gasteiger partial charge < -0.3 is 10.3 Å². The topological polar surface area (TPSA) is 70.9 Å². The van der Waals surface area contributed by atoms with E-state index in [4.69, 9.17) is 16.6 Å². The lowest BCUT2D eigenvalue weighted by Gasteiger charge is -2.11. The molecule has 6 nitrogen and oxygen atoms in total. The molecule has 0 aliphatic heterocycles. The van der Waals surface area contributed by atoms with E-state index in [-0.39, 0.29) is 0 Å². The highest BCUT2D eigenvalue weighted by Crippen LogP contribution is 2.30. The summed E-state index contributed by atoms with van der Waals surface area (Å²) in [6.45, 7) is 0.804. The number of aromatic nitrogens is 5. The number of halogens is 1. The van der Waals surface area contributed by atoms with Crippen molar-refractivity contribution in [2.45, 2.75) is 12.8 Å². The normalized spacial score (nSPS) is 11.3. The second-order valence-electron chi connectivity index (χ2n) is 6.84. The van der Waals surface area contributed by atoms with E-state index in [1.165, 1.54) is 0 Å². The number of fused-ring (bicyclic) bond motifs is 3. The van der Waals surface area contributed by atoms with E-state index in [0.29, 0.717) is 5.02 Å². The van der Waals surface area contributed by atoms with Crippen molar-refractivity contribution in [1.82, 2.24) is 24.6 Å². The number of anilines is 1. The predicted molar refractivity (Wildman–Crippen MR) is 116 cm³/mol. The summed E-state index contributed by atoms with van der Waals surface area (Å²) < 4.78 is 1.90. The fourth-order valence-corrected chi connectivity index (χ4v) is 3.64. The molecule has 0 saturated heterocycles. The summed E-state index contributed by atoms with van der Waals surface area (Å²) >= 11 is 6.05. The molecule has 0 amide bonds. The third kappa shape index (κ3) is 3.43. The molecule has 5 rings (SSSR count). The quantitative estimate of drug-likeness (QED) is 0.393. The van der Waals surface area contributed by atoms with Crippen LogP contribution in [-0.4, -0.2) is 31.1 Å². The van der Waals surface area contributed by atoms with E-state index < -0.39 is 0 Å². The van der Waals surface area contributed by atoms with E-state index in [0.717, 1.165) is 58.7 Å². The minimum absolute atomic E-state index is 0.711. The lowest BCUT2D eigenvalue weighted by Crippen LogP contribution is -2.07. The first-order valence-electron chi connectivity index (χ1n) is 9.54. The Labute approximate surface area is 172 Å². The Morgan fingerprint density at radius 3 is 2.76 bits per heavy atom. The summed E-state index contributed by atoms with van der Waals surface area (Å²) in [4.78, 5) is 12.3. The molecule has 0 spiro atoms. The molecule has 0 aliphatic rings. The average Bonchev–Trinajstić information content (AvgIpc) is 3.42. The standard InChI is InChI=1S/C22H19ClN6/c23-16-9-7-15(8-10-16)18-14-27-29-19-5-2-1-4-17(19)21(28-22(18)29)26-11-3-6-20-24-12-13-25-20/h1-2,4-5,7-10,12-14H,3,6,11H2,(H,24,25)(H,26,28). The van der Waals surface area contributed by atoms with Crippen molar-refractivity contribution in [3.05, 3.63) is 78.0 Å². The van der Waals surface area contributed by atoms with Crippen molar-refractivity contribution < 1.29 is 0 Å². The number of H-pyrrole nitrogens is 1. The molecule has 5 aromatic rings. The number of benzene rings is 2. The second-order valence-corrected chi connectivity index (χ2v) is 7.28. The summed E-state index contributed by atoms with van der Waals surface area (Å²) in [5, 5.41) is 9.86. The van der Waals surface area contributed by atoms with Crippen LogP contribution < -0.4 is 5.32 Å². The molecule has 29 heavy (non-hydrogen) atoms. The molecular weight excluding hydrogens is 384 g/mol. The van der Waals surface area contributed by atoms with Crippen LogP contribution in [0.5, 0.6) is 0 Å². The Kier molecular flexibility index (Phi) is 4.62. The fourth-order valence-electron chi connectivity index (χ4n) is 3.52. The summed E-state index contributed by atoms with van der Waals surface area (Å²) in [5.41, 5.74) is 3.85. The number of aromatic amines is 1. The molecule has 0 saturated carbocycles. The van der Waals surface area contributed by atoms with Crippen LogP contribution in [0.4, 0.5) is 5.82 Å². The summed E-state index contributed by atoms with van der Waals surface area (Å²) in [5.74, 6) is 1.86. The van der Waals surface area contributed by atoms with Gasteiger partial charge in [-0.3, -0.25) is 0 Å². The maximum atomic E-state index is 6.05. The highest BCUT2D eigenvalue weighted by molar-refractivity contribution is 6.30. The number of aryl methyl sites for hydroxylation is 1. The molecular formula is C22H19ClN6. The Hall–Kier alpha value is -3.38. The van der Waals surface area contributed by atoms with Crippen LogP contribution in [0.3, 0.4) is 0 Å². The van der Waals surface area contributed by atoms with Crippen LogP contribution in [0.25, 0.3) is 27.7 Å². The van der Waals surface area contributed by atoms with E-state index >= 15 is 0 Å². The van der Waals surface area contributed by atoms with Crippen LogP contribution in [0.2, 0.25) is 5.02 Å². The largest absolute Gasteiger partial charge is 0.369 e. The molecule has 2 N–H and O–H groups in total. The van der Waals surface area contributed by atoms with Gasteiger partial charge in [0.15, 0.2) is 5.65 Å². The monoisotopic (exact) mass is 402 g/mol. The smallest absolute Gasteiger partial charge is 0.165 e. The van der Waals surface area contributed by atoms with Gasteiger partial charge in [-0.15, -0.1) is 0 Å². The van der Waals surface area contributed by atoms with Gasteiger partial charge in [0.05, 0.1) is 11.7 Å². The van der Waals surface area contributed by atoms with Crippen molar-refractivity contribution in [1.29, 1.82) is 0 Å². The second kappa shape index (κ2) is 7.56. The van der Waals surface area contributed by atoms with E-state index in [9.17, 15) is 0 Å². The first-order valence-corrected chi connectivity index (χ1v) is 9.92. The predicted octanol–water partition coefficient (Wildman–Crippen LogP) is 4.97. The van der Waals surface area contributed by atoms with Gasteiger partial charge in [0.1, 0.15) is 11.6 Å². The first kappa shape index (κ1) is 17.7. The van der Waals surface area contributed by atoms with Crippen molar-refractivity contribution in [3.8, 4) is 11.1 Å². The fraction of sp³-hybridized carbons (Fsp3) is 0.136. The van der Waals surface area contributed by atoms with Crippen LogP contribution >= 0.6 is 11.6 Å². The van der Waals surface area contributed by atoms with E-state index in [2.05, 4.69) is 32.5 Å². The molecule has 2 aromatic carbocycles. The number of para-hydroxylation sites is 1. The van der Waals surface area contributed by atoms with Gasteiger partial charge >= 0.3 is 0 Å². The van der Waals surface area contributed by atoms with Crippen LogP contribution in [0.1, 0.15) is 12.2 Å². The van der Waals surface area contributed by atoms with Crippen LogP contribution in [0.15, 0.2) is 67.1 Å². The molecule has 144 valence electrons. The lowest BCUT2D eigenvalue weighted by molar-refractivity contribution is 0.814. The van der Waals surface area contributed by atoms with Crippen LogP contribution in [-0.2, 0) is 6.42 Å². The molecule has 0 atom stereocenters. The van der Waals surface area contributed by atoms with Gasteiger partial charge in [-0.05, 0) is 36.2 Å². The van der Waals surface area contributed by atoms with Gasteiger partial charge in [-0.1, -0.05) is 35.9 Å². The molecule has 3 heterocycles. The Morgan fingerprint density at radius 1 is 1.07 bits per heavy atom. The first-order chi connectivity index (χ1) is 14.3. The van der Waals surface area contributed by atoms with Gasteiger partial charge in [-0.25, -0.2) is 14.5 Å². The lowest BCUT2D eigenvalue weighted by atomic mass is 10.1. The maximum absolute atomic E-state index is 6.05. The third-order valence-electron chi connectivity index (χ3n) is 4.94. The minimum atomic E-state index is 0.711. The number of imidazole rings is 1. The Morgan fingerprint density at radius 2 is 1.93 bits per heavy atom. The SMILES string of the molecule is Clc1ccc(-c2cnn3c2nc(NCCCc2ncc[nH]2)c2ccccc23)cc1. The van der Waals surface area contributed by atoms with Crippen LogP contribution in [0, 0.1) is 0 Å². The van der Waals surface area contributed by atoms with Gasteiger partial charge in [0, 0.05) is 41.3 Å². The number of hydrogen-bond donors (Lipinski definition) is 2. The van der Waals surface area contributed by atoms with E-state index in [1.807, 2.05) is 53.3 Å². The zero-order chi connectivity index (χ0) is 19.6. The van der Waals surface area contributed by atoms with Crippen molar-refractivity contribution in [2.75, 3.05) is 11.9 Å². The Balaban J connectivity index is 1.51. The zero-order valence-corrected chi connectivity index (χ0v) is 16.4. The zero-order valence-electron chi connectivity index (χ0n) is 15.6. The highest BCUT2D eigenvalue weighted by Gasteiger charge is 2.14. The number of nitrogens with zero attached hydrogens (tertiary/aromatic N) is 4. The number of hydrogen-bond acceptors (Lipinski definition) is 4. The average molecular weight is 403 g/mol. The molecule has 7 heteroatoms. The maximum Gasteiger partial charge on any atom is 0.165 e. The van der Waals surface area contributed by atoms with Crippen molar-refractivity contribution in [2.24, 2.45) is 0 Å². The molecule has 0 aliphatic carbocycles. The highest BCUT2D eigenvalue weighted by atomic mass is 35.5. The third-order valence-corrected chi connectivity index (χ3v) is 5.19. The van der Waals surface area contributed by atoms with Gasteiger partial charge in [0.25, 0.3) is 0 Å². The molecule has 0 radical (unpaired) electrons. The van der Waals surface area contributed by atoms with E-state index in [1.54, 1.807) is 6.20 Å². The number of rotatable bonds is 6. The Bertz CT molecular complexity index is 1260. The summed E-state index contributed by atoms with van der Waals surface area (Å²) in [7, 11) is 0. The van der Waals surface area contributed by atoms with Crippen molar-refractivity contribution >= 4 is 34.0 Å². The minimum Gasteiger partial charge on any atom is -0.369 e. The number of nitrogens with one attached hydrogen (secondary N) is 2.